The van der Waals surface area contributed by atoms with Crippen molar-refractivity contribution in [3.8, 4) is 0 Å². The topological polar surface area (TPSA) is 114 Å². The molecule has 0 heterocycles. The van der Waals surface area contributed by atoms with Gasteiger partial charge in [-0.15, -0.1) is 0 Å². The van der Waals surface area contributed by atoms with Gasteiger partial charge in [0.05, 0.1) is 13.0 Å². The van der Waals surface area contributed by atoms with Crippen LogP contribution in [-0.4, -0.2) is 66.7 Å². The monoisotopic (exact) mass is 756 g/mol. The number of esters is 1. The van der Waals surface area contributed by atoms with Crippen LogP contribution in [0.25, 0.3) is 0 Å². The van der Waals surface area contributed by atoms with Gasteiger partial charge in [-0.1, -0.05) is 65.5 Å². The number of ether oxygens (including phenoxy) is 2. The van der Waals surface area contributed by atoms with Gasteiger partial charge in [-0.05, 0) is 138 Å². The molecule has 4 aliphatic carbocycles. The van der Waals surface area contributed by atoms with Gasteiger partial charge in [0.1, 0.15) is 5.60 Å². The van der Waals surface area contributed by atoms with Gasteiger partial charge in [0.15, 0.2) is 0 Å². The van der Waals surface area contributed by atoms with E-state index in [4.69, 9.17) is 9.47 Å². The van der Waals surface area contributed by atoms with Crippen LogP contribution in [0.5, 0.6) is 0 Å². The molecular weight excluding hydrogens is 679 g/mol. The Kier molecular flexibility index (Phi) is 16.0. The van der Waals surface area contributed by atoms with Gasteiger partial charge in [0.25, 0.3) is 0 Å². The second kappa shape index (κ2) is 19.5. The first kappa shape index (κ1) is 44.1. The van der Waals surface area contributed by atoms with E-state index in [0.717, 1.165) is 54.8 Å². The Morgan fingerprint density at radius 3 is 2.26 bits per heavy atom. The van der Waals surface area contributed by atoms with Crippen molar-refractivity contribution < 1.29 is 28.7 Å². The SMILES string of the molecule is CCOC(=O)CCNC(=O)CCNC(=O)CCCCN(C(=O)OC(C)(C)C)C1CC[C@@]2(C)C(=CCC3C2CC[C@@]2(C)C3CC[C@@H]2C(C)CCCC(C)C)C1. The van der Waals surface area contributed by atoms with Gasteiger partial charge in [-0.3, -0.25) is 14.4 Å². The summed E-state index contributed by atoms with van der Waals surface area (Å²) in [5, 5.41) is 5.51. The van der Waals surface area contributed by atoms with E-state index in [-0.39, 0.29) is 61.3 Å². The molecule has 9 nitrogen and oxygen atoms in total. The quantitative estimate of drug-likeness (QED) is 0.0819. The van der Waals surface area contributed by atoms with E-state index in [1.165, 1.54) is 51.4 Å². The average molecular weight is 756 g/mol. The summed E-state index contributed by atoms with van der Waals surface area (Å²) in [6.45, 7) is 21.3. The molecule has 4 aliphatic rings. The molecule has 3 amide bonds. The van der Waals surface area contributed by atoms with Gasteiger partial charge in [0.2, 0.25) is 11.8 Å². The molecule has 0 bridgehead atoms. The molecule has 9 heteroatoms. The van der Waals surface area contributed by atoms with Crippen LogP contribution in [-0.2, 0) is 23.9 Å². The molecule has 0 aromatic rings. The lowest BCUT2D eigenvalue weighted by atomic mass is 9.46. The van der Waals surface area contributed by atoms with Crippen LogP contribution in [0.3, 0.4) is 0 Å². The molecule has 3 saturated carbocycles. The third-order valence-corrected chi connectivity index (χ3v) is 14.0. The van der Waals surface area contributed by atoms with Gasteiger partial charge < -0.3 is 25.0 Å². The first-order valence-electron chi connectivity index (χ1n) is 21.9. The van der Waals surface area contributed by atoms with Gasteiger partial charge in [-0.25, -0.2) is 4.79 Å². The maximum absolute atomic E-state index is 13.7. The Balaban J connectivity index is 1.30. The van der Waals surface area contributed by atoms with Crippen molar-refractivity contribution in [1.29, 1.82) is 0 Å². The van der Waals surface area contributed by atoms with E-state index >= 15 is 0 Å². The third kappa shape index (κ3) is 11.5. The predicted molar refractivity (Wildman–Crippen MR) is 216 cm³/mol. The lowest BCUT2D eigenvalue weighted by Gasteiger charge is -2.59. The fourth-order valence-electron chi connectivity index (χ4n) is 11.3. The van der Waals surface area contributed by atoms with E-state index in [1.807, 2.05) is 25.7 Å². The summed E-state index contributed by atoms with van der Waals surface area (Å²) in [4.78, 5) is 51.7. The van der Waals surface area contributed by atoms with E-state index in [2.05, 4.69) is 51.3 Å². The Bertz CT molecular complexity index is 1310. The molecule has 0 aromatic carbocycles. The summed E-state index contributed by atoms with van der Waals surface area (Å²) in [6.07, 6.45) is 18.1. The minimum absolute atomic E-state index is 0.100. The van der Waals surface area contributed by atoms with Crippen LogP contribution >= 0.6 is 0 Å². The number of hydrogen-bond donors (Lipinski definition) is 2. The standard InChI is InChI=1S/C45H77N3O6/c1-10-53-41(51)24-28-47-40(50)23-27-46-39(49)16-11-12-29-48(42(52)54-43(5,6)7)34-21-25-44(8)33(30-34)17-18-35-37-20-19-36(32(4)15-13-14-31(2)3)45(37,9)26-22-38(35)44/h17,31-32,34-38H,10-16,18-30H2,1-9H3,(H,46,49)(H,47,50)/t32?,34?,35?,36-,37?,38?,44+,45-/m1/s1. The smallest absolute Gasteiger partial charge is 0.410 e. The van der Waals surface area contributed by atoms with Crippen molar-refractivity contribution in [3.63, 3.8) is 0 Å². The second-order valence-electron chi connectivity index (χ2n) is 19.3. The van der Waals surface area contributed by atoms with Crippen LogP contribution in [0.4, 0.5) is 4.79 Å². The lowest BCUT2D eigenvalue weighted by molar-refractivity contribution is -0.143. The van der Waals surface area contributed by atoms with E-state index < -0.39 is 5.60 Å². The van der Waals surface area contributed by atoms with Gasteiger partial charge in [0, 0.05) is 38.5 Å². The summed E-state index contributed by atoms with van der Waals surface area (Å²) < 4.78 is 10.8. The fourth-order valence-corrected chi connectivity index (χ4v) is 11.3. The number of amides is 3. The Labute approximate surface area is 328 Å². The molecule has 0 aromatic heterocycles. The van der Waals surface area contributed by atoms with E-state index in [0.29, 0.717) is 37.8 Å². The molecule has 3 fully saturated rings. The number of carbonyl (C=O) groups is 4. The van der Waals surface area contributed by atoms with Crippen molar-refractivity contribution in [2.45, 2.75) is 177 Å². The summed E-state index contributed by atoms with van der Waals surface area (Å²) in [5.41, 5.74) is 1.67. The second-order valence-corrected chi connectivity index (χ2v) is 19.3. The highest BCUT2D eigenvalue weighted by Crippen LogP contribution is 2.67. The maximum atomic E-state index is 13.7. The van der Waals surface area contributed by atoms with Crippen molar-refractivity contribution in [1.82, 2.24) is 15.5 Å². The minimum atomic E-state index is -0.583. The highest BCUT2D eigenvalue weighted by molar-refractivity contribution is 5.79. The number of fused-ring (bicyclic) bond motifs is 5. The Hall–Kier alpha value is -2.58. The predicted octanol–water partition coefficient (Wildman–Crippen LogP) is 9.38. The van der Waals surface area contributed by atoms with E-state index in [9.17, 15) is 19.2 Å². The number of carbonyl (C=O) groups excluding carboxylic acids is 4. The molecule has 2 N–H and O–H groups in total. The molecule has 0 spiro atoms. The van der Waals surface area contributed by atoms with Crippen LogP contribution in [0.1, 0.15) is 165 Å². The van der Waals surface area contributed by atoms with Crippen molar-refractivity contribution in [2.24, 2.45) is 46.3 Å². The molecule has 5 unspecified atom stereocenters. The van der Waals surface area contributed by atoms with Crippen LogP contribution in [0.15, 0.2) is 11.6 Å². The summed E-state index contributed by atoms with van der Waals surface area (Å²) in [6, 6.07) is 0.100. The first-order valence-corrected chi connectivity index (χ1v) is 21.9. The van der Waals surface area contributed by atoms with Crippen LogP contribution in [0.2, 0.25) is 0 Å². The zero-order chi connectivity index (χ0) is 39.7. The number of rotatable bonds is 18. The summed E-state index contributed by atoms with van der Waals surface area (Å²) in [7, 11) is 0. The number of nitrogens with zero attached hydrogens (tertiary/aromatic N) is 1. The zero-order valence-corrected chi connectivity index (χ0v) is 35.7. The number of allylic oxidation sites excluding steroid dienone is 1. The molecular formula is C45H77N3O6. The van der Waals surface area contributed by atoms with Gasteiger partial charge >= 0.3 is 12.1 Å². The van der Waals surface area contributed by atoms with Crippen molar-refractivity contribution in [3.05, 3.63) is 11.6 Å². The molecule has 0 radical (unpaired) electrons. The molecule has 4 rings (SSSR count). The third-order valence-electron chi connectivity index (χ3n) is 14.0. The minimum Gasteiger partial charge on any atom is -0.466 e. The van der Waals surface area contributed by atoms with Crippen LogP contribution < -0.4 is 10.6 Å². The number of nitrogens with one attached hydrogen (secondary N) is 2. The first-order chi connectivity index (χ1) is 25.5. The van der Waals surface area contributed by atoms with Gasteiger partial charge in [-0.2, -0.15) is 0 Å². The summed E-state index contributed by atoms with van der Waals surface area (Å²) >= 11 is 0. The van der Waals surface area contributed by atoms with Crippen molar-refractivity contribution in [2.75, 3.05) is 26.2 Å². The molecule has 54 heavy (non-hydrogen) atoms. The highest BCUT2D eigenvalue weighted by Gasteiger charge is 2.59. The molecule has 0 aliphatic heterocycles. The normalized spacial score (nSPS) is 29.6. The summed E-state index contributed by atoms with van der Waals surface area (Å²) in [5.74, 6) is 4.15. The Morgan fingerprint density at radius 1 is 0.870 bits per heavy atom. The van der Waals surface area contributed by atoms with Crippen LogP contribution in [0, 0.1) is 46.3 Å². The molecule has 8 atom stereocenters. The Morgan fingerprint density at radius 2 is 1.57 bits per heavy atom. The lowest BCUT2D eigenvalue weighted by Crippen LogP contribution is -2.53. The highest BCUT2D eigenvalue weighted by atomic mass is 16.6. The van der Waals surface area contributed by atoms with Crippen molar-refractivity contribution >= 4 is 23.9 Å². The maximum Gasteiger partial charge on any atom is 0.410 e. The zero-order valence-electron chi connectivity index (χ0n) is 35.7. The molecule has 0 saturated heterocycles. The number of hydrogen-bond acceptors (Lipinski definition) is 6. The molecule has 308 valence electrons. The number of unbranched alkanes of at least 4 members (excludes halogenated alkanes) is 1. The fraction of sp³-hybridized carbons (Fsp3) is 0.867. The largest absolute Gasteiger partial charge is 0.466 e. The van der Waals surface area contributed by atoms with E-state index in [1.54, 1.807) is 12.5 Å². The average Bonchev–Trinajstić information content (AvgIpc) is 3.44.